The van der Waals surface area contributed by atoms with E-state index in [1.165, 1.54) is 7.11 Å². The summed E-state index contributed by atoms with van der Waals surface area (Å²) in [5, 5.41) is 18.7. The van der Waals surface area contributed by atoms with Gasteiger partial charge in [0, 0.05) is 19.4 Å². The zero-order chi connectivity index (χ0) is 13.9. The van der Waals surface area contributed by atoms with Crippen LogP contribution < -0.4 is 11.2 Å². The highest BCUT2D eigenvalue weighted by atomic mass is 19.1. The molecule has 0 aliphatic carbocycles. The fourth-order valence-corrected chi connectivity index (χ4v) is 1.55. The summed E-state index contributed by atoms with van der Waals surface area (Å²) in [6, 6.07) is 0.951. The summed E-state index contributed by atoms with van der Waals surface area (Å²) in [5.74, 6) is -2.54. The minimum absolute atomic E-state index is 0.529. The van der Waals surface area contributed by atoms with E-state index in [2.05, 4.69) is 0 Å². The van der Waals surface area contributed by atoms with Crippen molar-refractivity contribution in [1.82, 2.24) is 9.55 Å². The number of alkyl halides is 1. The number of hydrogen-bond donors (Lipinski definition) is 3. The average molecular weight is 262 g/mol. The molecule has 3 unspecified atom stereocenters. The second-order valence-electron chi connectivity index (χ2n) is 3.91. The maximum Gasteiger partial charge on any atom is 0.330 e. The van der Waals surface area contributed by atoms with Crippen LogP contribution in [0.2, 0.25) is 0 Å². The summed E-state index contributed by atoms with van der Waals surface area (Å²) in [6.07, 6.45) is -2.05. The first-order chi connectivity index (χ1) is 8.34. The van der Waals surface area contributed by atoms with Crippen LogP contribution >= 0.6 is 0 Å². The Kier molecular flexibility index (Phi) is 4.38. The van der Waals surface area contributed by atoms with Gasteiger partial charge in [-0.1, -0.05) is 0 Å². The van der Waals surface area contributed by atoms with Crippen LogP contribution in [0.15, 0.2) is 21.9 Å². The van der Waals surface area contributed by atoms with Crippen molar-refractivity contribution in [3.05, 3.63) is 33.1 Å². The van der Waals surface area contributed by atoms with Gasteiger partial charge in [0.25, 0.3) is 5.56 Å². The lowest BCUT2D eigenvalue weighted by atomic mass is 10.0. The molecule has 0 radical (unpaired) electrons. The molecule has 1 heterocycles. The molecular weight excluding hydrogens is 247 g/mol. The van der Waals surface area contributed by atoms with Crippen LogP contribution in [0.1, 0.15) is 6.92 Å². The quantitative estimate of drug-likeness (QED) is 0.602. The largest absolute Gasteiger partial charge is 0.394 e. The Morgan fingerprint density at radius 2 is 2.22 bits per heavy atom. The molecule has 0 aliphatic heterocycles. The van der Waals surface area contributed by atoms with E-state index in [0.29, 0.717) is 4.57 Å². The molecule has 3 atom stereocenters. The van der Waals surface area contributed by atoms with Gasteiger partial charge in [-0.05, 0) is 6.92 Å². The van der Waals surface area contributed by atoms with E-state index in [-0.39, 0.29) is 0 Å². The minimum atomic E-state index is -2.54. The Bertz CT molecular complexity index is 505. The van der Waals surface area contributed by atoms with E-state index in [4.69, 9.17) is 9.84 Å². The number of aliphatic hydroxyl groups is 2. The normalized spacial score (nSPS) is 18.1. The predicted octanol–water partition coefficient (Wildman–Crippen LogP) is -1.45. The molecule has 1 rings (SSSR count). The third-order valence-corrected chi connectivity index (χ3v) is 2.67. The van der Waals surface area contributed by atoms with Gasteiger partial charge >= 0.3 is 5.69 Å². The van der Waals surface area contributed by atoms with Crippen molar-refractivity contribution in [2.75, 3.05) is 13.7 Å². The van der Waals surface area contributed by atoms with Crippen LogP contribution in [0.3, 0.4) is 0 Å². The molecule has 7 nitrogen and oxygen atoms in total. The fraction of sp³-hybridized carbons (Fsp3) is 0.600. The number of nitrogens with one attached hydrogen (secondary N) is 1. The maximum absolute atomic E-state index is 14.4. The third-order valence-electron chi connectivity index (χ3n) is 2.67. The summed E-state index contributed by atoms with van der Waals surface area (Å²) in [4.78, 5) is 24.2. The first-order valence-corrected chi connectivity index (χ1v) is 5.17. The van der Waals surface area contributed by atoms with Crippen LogP contribution in [0.4, 0.5) is 4.39 Å². The summed E-state index contributed by atoms with van der Waals surface area (Å²) < 4.78 is 19.7. The molecule has 0 amide bonds. The van der Waals surface area contributed by atoms with E-state index >= 15 is 0 Å². The van der Waals surface area contributed by atoms with Crippen LogP contribution in [0, 0.1) is 0 Å². The zero-order valence-electron chi connectivity index (χ0n) is 9.96. The Morgan fingerprint density at radius 1 is 1.61 bits per heavy atom. The van der Waals surface area contributed by atoms with Crippen molar-refractivity contribution >= 4 is 0 Å². The summed E-state index contributed by atoms with van der Waals surface area (Å²) >= 11 is 0. The molecule has 0 saturated heterocycles. The molecule has 0 bridgehead atoms. The van der Waals surface area contributed by atoms with Gasteiger partial charge in [-0.25, -0.2) is 9.18 Å². The number of aliphatic hydroxyl groups excluding tert-OH is 2. The van der Waals surface area contributed by atoms with Crippen LogP contribution in [0.25, 0.3) is 0 Å². The highest BCUT2D eigenvalue weighted by Crippen LogP contribution is 2.23. The van der Waals surface area contributed by atoms with Gasteiger partial charge in [-0.15, -0.1) is 0 Å². The second-order valence-corrected chi connectivity index (χ2v) is 3.91. The summed E-state index contributed by atoms with van der Waals surface area (Å²) in [6.45, 7) is 0.328. The average Bonchev–Trinajstić information content (AvgIpc) is 2.29. The molecule has 102 valence electrons. The molecule has 8 heteroatoms. The van der Waals surface area contributed by atoms with Crippen molar-refractivity contribution in [3.63, 3.8) is 0 Å². The number of halogens is 1. The van der Waals surface area contributed by atoms with E-state index in [9.17, 15) is 19.1 Å². The standard InChI is InChI=1S/C10H15FN2O5/c1-10(11,8(16)6(5-14)18-2)13-4-3-7(15)12-9(13)17/h3-4,6,8,14,16H,5H2,1-2H3,(H,12,15,17). The first-order valence-electron chi connectivity index (χ1n) is 5.17. The zero-order valence-corrected chi connectivity index (χ0v) is 9.96. The van der Waals surface area contributed by atoms with Crippen molar-refractivity contribution in [3.8, 4) is 0 Å². The number of hydrogen-bond acceptors (Lipinski definition) is 5. The number of rotatable bonds is 5. The number of H-pyrrole nitrogens is 1. The molecule has 0 fully saturated rings. The monoisotopic (exact) mass is 262 g/mol. The molecule has 1 aromatic heterocycles. The van der Waals surface area contributed by atoms with Crippen LogP contribution in [-0.4, -0.2) is 45.7 Å². The Hall–Kier alpha value is -1.51. The number of aromatic amines is 1. The number of nitrogens with zero attached hydrogens (tertiary/aromatic N) is 1. The summed E-state index contributed by atoms with van der Waals surface area (Å²) in [5.41, 5.74) is -1.67. The number of methoxy groups -OCH3 is 1. The van der Waals surface area contributed by atoms with E-state index in [1.54, 1.807) is 0 Å². The van der Waals surface area contributed by atoms with Gasteiger partial charge in [0.15, 0.2) is 0 Å². The molecule has 0 aromatic carbocycles. The van der Waals surface area contributed by atoms with E-state index in [1.807, 2.05) is 4.98 Å². The van der Waals surface area contributed by atoms with Gasteiger partial charge in [-0.2, -0.15) is 0 Å². The molecule has 3 N–H and O–H groups in total. The van der Waals surface area contributed by atoms with Crippen molar-refractivity contribution in [2.45, 2.75) is 24.9 Å². The smallest absolute Gasteiger partial charge is 0.330 e. The molecular formula is C10H15FN2O5. The van der Waals surface area contributed by atoms with E-state index < -0.39 is 35.9 Å². The lowest BCUT2D eigenvalue weighted by molar-refractivity contribution is -0.138. The molecule has 0 saturated carbocycles. The topological polar surface area (TPSA) is 105 Å². The lowest BCUT2D eigenvalue weighted by Crippen LogP contribution is -2.52. The van der Waals surface area contributed by atoms with Crippen molar-refractivity contribution < 1.29 is 19.3 Å². The molecule has 0 aliphatic rings. The van der Waals surface area contributed by atoms with Crippen molar-refractivity contribution in [1.29, 1.82) is 0 Å². The Morgan fingerprint density at radius 3 is 2.67 bits per heavy atom. The SMILES string of the molecule is COC(CO)C(O)C(C)(F)n1ccc(=O)[nH]c1=O. The first kappa shape index (κ1) is 14.6. The Balaban J connectivity index is 3.19. The van der Waals surface area contributed by atoms with Gasteiger partial charge in [0.2, 0.25) is 5.79 Å². The molecule has 0 spiro atoms. The summed E-state index contributed by atoms with van der Waals surface area (Å²) in [7, 11) is 1.19. The maximum atomic E-state index is 14.4. The number of aromatic nitrogens is 2. The van der Waals surface area contributed by atoms with E-state index in [0.717, 1.165) is 19.2 Å². The Labute approximate surface area is 101 Å². The minimum Gasteiger partial charge on any atom is -0.394 e. The van der Waals surface area contributed by atoms with Gasteiger partial charge in [0.05, 0.1) is 6.61 Å². The third kappa shape index (κ3) is 2.66. The molecule has 1 aromatic rings. The van der Waals surface area contributed by atoms with Crippen LogP contribution in [0.5, 0.6) is 0 Å². The lowest BCUT2D eigenvalue weighted by Gasteiger charge is -2.31. The predicted molar refractivity (Wildman–Crippen MR) is 60.0 cm³/mol. The van der Waals surface area contributed by atoms with Crippen LogP contribution in [-0.2, 0) is 10.5 Å². The van der Waals surface area contributed by atoms with Gasteiger partial charge in [-0.3, -0.25) is 14.3 Å². The van der Waals surface area contributed by atoms with Gasteiger partial charge < -0.3 is 14.9 Å². The fourth-order valence-electron chi connectivity index (χ4n) is 1.55. The highest BCUT2D eigenvalue weighted by Gasteiger charge is 2.41. The van der Waals surface area contributed by atoms with Gasteiger partial charge in [0.1, 0.15) is 12.2 Å². The van der Waals surface area contributed by atoms with Crippen molar-refractivity contribution in [2.24, 2.45) is 0 Å². The second kappa shape index (κ2) is 5.42. The molecule has 18 heavy (non-hydrogen) atoms. The number of ether oxygens (including phenoxy) is 1. The highest BCUT2D eigenvalue weighted by molar-refractivity contribution is 4.92.